The van der Waals surface area contributed by atoms with Crippen LogP contribution in [0.5, 0.6) is 0 Å². The van der Waals surface area contributed by atoms with E-state index in [-0.39, 0.29) is 5.91 Å². The van der Waals surface area contributed by atoms with Crippen molar-refractivity contribution in [1.82, 2.24) is 9.80 Å². The molecule has 1 N–H and O–H groups in total. The molecule has 22 heavy (non-hydrogen) atoms. The maximum absolute atomic E-state index is 12.5. The summed E-state index contributed by atoms with van der Waals surface area (Å²) in [6.07, 6.45) is 1.34. The Morgan fingerprint density at radius 2 is 2.05 bits per heavy atom. The third-order valence-electron chi connectivity index (χ3n) is 4.00. The first-order chi connectivity index (χ1) is 10.5. The van der Waals surface area contributed by atoms with Crippen molar-refractivity contribution in [3.63, 3.8) is 0 Å². The molecule has 0 aliphatic carbocycles. The molecule has 1 aliphatic heterocycles. The highest BCUT2D eigenvalue weighted by Gasteiger charge is 2.27. The van der Waals surface area contributed by atoms with Crippen LogP contribution >= 0.6 is 11.6 Å². The Labute approximate surface area is 135 Å². The normalized spacial score (nSPS) is 17.8. The van der Waals surface area contributed by atoms with Crippen LogP contribution in [0.25, 0.3) is 0 Å². The summed E-state index contributed by atoms with van der Waals surface area (Å²) in [4.78, 5) is 27.5. The molecule has 1 heterocycles. The number of rotatable bonds is 4. The average molecular weight is 325 g/mol. The van der Waals surface area contributed by atoms with Crippen molar-refractivity contribution < 1.29 is 14.7 Å². The van der Waals surface area contributed by atoms with Crippen LogP contribution < -0.4 is 0 Å². The SMILES string of the molecule is CCC(C(=O)O)N1CCCN(C(=O)c2cccc(Cl)c2)CC1. The van der Waals surface area contributed by atoms with Crippen LogP contribution in [0.2, 0.25) is 5.02 Å². The molecule has 5 nitrogen and oxygen atoms in total. The van der Waals surface area contributed by atoms with Gasteiger partial charge < -0.3 is 10.0 Å². The lowest BCUT2D eigenvalue weighted by Gasteiger charge is -2.26. The van der Waals surface area contributed by atoms with Gasteiger partial charge in [0.1, 0.15) is 6.04 Å². The number of halogens is 1. The van der Waals surface area contributed by atoms with Crippen LogP contribution in [0.3, 0.4) is 0 Å². The maximum atomic E-state index is 12.5. The van der Waals surface area contributed by atoms with E-state index in [0.29, 0.717) is 43.2 Å². The molecule has 1 aromatic carbocycles. The number of carbonyl (C=O) groups excluding carboxylic acids is 1. The van der Waals surface area contributed by atoms with E-state index < -0.39 is 12.0 Å². The largest absolute Gasteiger partial charge is 0.480 e. The summed E-state index contributed by atoms with van der Waals surface area (Å²) >= 11 is 5.93. The molecule has 6 heteroatoms. The quantitative estimate of drug-likeness (QED) is 0.923. The van der Waals surface area contributed by atoms with Gasteiger partial charge in [0.2, 0.25) is 0 Å². The molecule has 1 aliphatic rings. The second-order valence-electron chi connectivity index (χ2n) is 5.45. The topological polar surface area (TPSA) is 60.9 Å². The number of carbonyl (C=O) groups is 2. The summed E-state index contributed by atoms with van der Waals surface area (Å²) in [5.74, 6) is -0.843. The number of amides is 1. The first kappa shape index (κ1) is 16.8. The lowest BCUT2D eigenvalue weighted by Crippen LogP contribution is -2.43. The van der Waals surface area contributed by atoms with Gasteiger partial charge in [0.25, 0.3) is 5.91 Å². The molecule has 1 amide bonds. The zero-order valence-electron chi connectivity index (χ0n) is 12.7. The number of hydrogen-bond acceptors (Lipinski definition) is 3. The lowest BCUT2D eigenvalue weighted by molar-refractivity contribution is -0.143. The predicted octanol–water partition coefficient (Wildman–Crippen LogP) is 2.35. The van der Waals surface area contributed by atoms with Gasteiger partial charge in [0.05, 0.1) is 0 Å². The van der Waals surface area contributed by atoms with Crippen LogP contribution in [0.1, 0.15) is 30.1 Å². The number of benzene rings is 1. The minimum Gasteiger partial charge on any atom is -0.480 e. The second-order valence-corrected chi connectivity index (χ2v) is 5.89. The fourth-order valence-electron chi connectivity index (χ4n) is 2.85. The van der Waals surface area contributed by atoms with E-state index >= 15 is 0 Å². The molecule has 1 atom stereocenters. The van der Waals surface area contributed by atoms with E-state index in [1.807, 2.05) is 11.8 Å². The fraction of sp³-hybridized carbons (Fsp3) is 0.500. The van der Waals surface area contributed by atoms with Crippen LogP contribution in [-0.2, 0) is 4.79 Å². The molecule has 0 radical (unpaired) electrons. The Morgan fingerprint density at radius 3 is 2.68 bits per heavy atom. The van der Waals surface area contributed by atoms with Gasteiger partial charge in [-0.2, -0.15) is 0 Å². The van der Waals surface area contributed by atoms with Gasteiger partial charge >= 0.3 is 5.97 Å². The molecule has 120 valence electrons. The third kappa shape index (κ3) is 3.99. The fourth-order valence-corrected chi connectivity index (χ4v) is 3.04. The smallest absolute Gasteiger partial charge is 0.320 e. The van der Waals surface area contributed by atoms with E-state index in [1.54, 1.807) is 29.2 Å². The van der Waals surface area contributed by atoms with Crippen molar-refractivity contribution >= 4 is 23.5 Å². The second kappa shape index (κ2) is 7.61. The summed E-state index contributed by atoms with van der Waals surface area (Å²) in [5, 5.41) is 9.81. The lowest BCUT2D eigenvalue weighted by atomic mass is 10.2. The third-order valence-corrected chi connectivity index (χ3v) is 4.24. The average Bonchev–Trinajstić information content (AvgIpc) is 2.73. The van der Waals surface area contributed by atoms with Crippen LogP contribution in [-0.4, -0.2) is 59.0 Å². The minimum atomic E-state index is -0.794. The zero-order valence-corrected chi connectivity index (χ0v) is 13.4. The number of aliphatic carboxylic acids is 1. The molecule has 0 spiro atoms. The highest BCUT2D eigenvalue weighted by Crippen LogP contribution is 2.15. The first-order valence-corrected chi connectivity index (χ1v) is 7.92. The van der Waals surface area contributed by atoms with Crippen molar-refractivity contribution in [2.75, 3.05) is 26.2 Å². The van der Waals surface area contributed by atoms with Crippen LogP contribution in [0, 0.1) is 0 Å². The molecule has 1 saturated heterocycles. The van der Waals surface area contributed by atoms with E-state index in [1.165, 1.54) is 0 Å². The zero-order chi connectivity index (χ0) is 16.1. The summed E-state index contributed by atoms with van der Waals surface area (Å²) < 4.78 is 0. The Kier molecular flexibility index (Phi) is 5.80. The molecular weight excluding hydrogens is 304 g/mol. The molecule has 1 fully saturated rings. The minimum absolute atomic E-state index is 0.0484. The van der Waals surface area contributed by atoms with Crippen molar-refractivity contribution in [3.8, 4) is 0 Å². The molecule has 1 unspecified atom stereocenters. The van der Waals surface area contributed by atoms with Gasteiger partial charge in [-0.25, -0.2) is 0 Å². The van der Waals surface area contributed by atoms with Crippen molar-refractivity contribution in [3.05, 3.63) is 34.9 Å². The van der Waals surface area contributed by atoms with Crippen LogP contribution in [0.4, 0.5) is 0 Å². The summed E-state index contributed by atoms with van der Waals surface area (Å²) in [5.41, 5.74) is 0.575. The number of carboxylic acid groups (broad SMARTS) is 1. The number of carboxylic acids is 1. The maximum Gasteiger partial charge on any atom is 0.320 e. The summed E-state index contributed by atoms with van der Waals surface area (Å²) in [6.45, 7) is 4.33. The Hall–Kier alpha value is -1.59. The summed E-state index contributed by atoms with van der Waals surface area (Å²) in [6, 6.07) is 6.45. The van der Waals surface area contributed by atoms with Gasteiger partial charge in [-0.05, 0) is 31.0 Å². The summed E-state index contributed by atoms with van der Waals surface area (Å²) in [7, 11) is 0. The Bertz CT molecular complexity index is 550. The van der Waals surface area contributed by atoms with Gasteiger partial charge in [-0.3, -0.25) is 14.5 Å². The highest BCUT2D eigenvalue weighted by atomic mass is 35.5. The first-order valence-electron chi connectivity index (χ1n) is 7.54. The van der Waals surface area contributed by atoms with Gasteiger partial charge in [0, 0.05) is 36.8 Å². The van der Waals surface area contributed by atoms with E-state index in [2.05, 4.69) is 0 Å². The van der Waals surface area contributed by atoms with Crippen molar-refractivity contribution in [2.45, 2.75) is 25.8 Å². The van der Waals surface area contributed by atoms with Crippen molar-refractivity contribution in [2.24, 2.45) is 0 Å². The number of hydrogen-bond donors (Lipinski definition) is 1. The molecule has 0 aromatic heterocycles. The Morgan fingerprint density at radius 1 is 1.27 bits per heavy atom. The highest BCUT2D eigenvalue weighted by molar-refractivity contribution is 6.30. The predicted molar refractivity (Wildman–Crippen MR) is 85.3 cm³/mol. The molecular formula is C16H21ClN2O3. The monoisotopic (exact) mass is 324 g/mol. The van der Waals surface area contributed by atoms with Crippen molar-refractivity contribution in [1.29, 1.82) is 0 Å². The van der Waals surface area contributed by atoms with E-state index in [4.69, 9.17) is 11.6 Å². The van der Waals surface area contributed by atoms with Gasteiger partial charge in [0.15, 0.2) is 0 Å². The Balaban J connectivity index is 2.04. The van der Waals surface area contributed by atoms with Gasteiger partial charge in [-0.15, -0.1) is 0 Å². The molecule has 1 aromatic rings. The molecule has 0 saturated carbocycles. The standard InChI is InChI=1S/C16H21ClN2O3/c1-2-14(16(21)22)18-7-4-8-19(10-9-18)15(20)12-5-3-6-13(17)11-12/h3,5-6,11,14H,2,4,7-10H2,1H3,(H,21,22). The molecule has 0 bridgehead atoms. The van der Waals surface area contributed by atoms with E-state index in [0.717, 1.165) is 6.42 Å². The van der Waals surface area contributed by atoms with Crippen LogP contribution in [0.15, 0.2) is 24.3 Å². The van der Waals surface area contributed by atoms with E-state index in [9.17, 15) is 14.7 Å². The number of nitrogens with zero attached hydrogens (tertiary/aromatic N) is 2. The van der Waals surface area contributed by atoms with Gasteiger partial charge in [-0.1, -0.05) is 24.6 Å². The molecule has 2 rings (SSSR count).